The molecule has 74 valence electrons. The van der Waals surface area contributed by atoms with Gasteiger partial charge in [0.2, 0.25) is 5.78 Å². The Labute approximate surface area is 85.6 Å². The fraction of sp³-hybridized carbons (Fsp3) is 0. The summed E-state index contributed by atoms with van der Waals surface area (Å²) in [4.78, 5) is 19.3. The quantitative estimate of drug-likeness (QED) is 0.698. The van der Waals surface area contributed by atoms with Gasteiger partial charge in [0.15, 0.2) is 0 Å². The first-order valence-corrected chi connectivity index (χ1v) is 4.34. The first-order valence-electron chi connectivity index (χ1n) is 4.34. The topological polar surface area (TPSA) is 42.9 Å². The van der Waals surface area contributed by atoms with E-state index in [9.17, 15) is 9.18 Å². The van der Waals surface area contributed by atoms with Gasteiger partial charge in [-0.2, -0.15) is 0 Å². The molecule has 0 spiro atoms. The second kappa shape index (κ2) is 3.96. The van der Waals surface area contributed by atoms with Gasteiger partial charge in [0.1, 0.15) is 11.5 Å². The normalized spacial score (nSPS) is 9.93. The Balaban J connectivity index is 2.42. The maximum absolute atomic E-state index is 13.3. The highest BCUT2D eigenvalue weighted by Crippen LogP contribution is 2.10. The van der Waals surface area contributed by atoms with Crippen molar-refractivity contribution in [2.24, 2.45) is 0 Å². The molecule has 0 fully saturated rings. The smallest absolute Gasteiger partial charge is 0.215 e. The van der Waals surface area contributed by atoms with E-state index in [2.05, 4.69) is 9.97 Å². The number of carbonyl (C=O) groups is 1. The number of carbonyl (C=O) groups excluding carboxylic acids is 1. The molecule has 4 heteroatoms. The Hall–Kier alpha value is -2.10. The summed E-state index contributed by atoms with van der Waals surface area (Å²) in [6.07, 6.45) is 4.17. The van der Waals surface area contributed by atoms with Crippen molar-refractivity contribution in [3.63, 3.8) is 0 Å². The fourth-order valence-corrected chi connectivity index (χ4v) is 1.20. The third-order valence-electron chi connectivity index (χ3n) is 1.91. The van der Waals surface area contributed by atoms with Crippen molar-refractivity contribution in [3.8, 4) is 0 Å². The molecule has 0 N–H and O–H groups in total. The van der Waals surface area contributed by atoms with Crippen molar-refractivity contribution >= 4 is 5.78 Å². The molecule has 0 aliphatic rings. The molecule has 1 heterocycles. The summed E-state index contributed by atoms with van der Waals surface area (Å²) >= 11 is 0. The van der Waals surface area contributed by atoms with Crippen LogP contribution in [0, 0.1) is 5.82 Å². The number of hydrogen-bond donors (Lipinski definition) is 0. The summed E-state index contributed by atoms with van der Waals surface area (Å²) in [5, 5.41) is 0. The second-order valence-corrected chi connectivity index (χ2v) is 2.90. The van der Waals surface area contributed by atoms with Gasteiger partial charge in [-0.1, -0.05) is 12.1 Å². The summed E-state index contributed by atoms with van der Waals surface area (Å²) < 4.78 is 13.3. The van der Waals surface area contributed by atoms with Gasteiger partial charge < -0.3 is 0 Å². The van der Waals surface area contributed by atoms with Crippen molar-refractivity contribution in [2.75, 3.05) is 0 Å². The van der Waals surface area contributed by atoms with Crippen LogP contribution in [0.1, 0.15) is 16.1 Å². The Bertz CT molecular complexity index is 485. The van der Waals surface area contributed by atoms with Gasteiger partial charge >= 0.3 is 0 Å². The fourth-order valence-electron chi connectivity index (χ4n) is 1.20. The molecule has 2 aromatic rings. The van der Waals surface area contributed by atoms with Gasteiger partial charge in [-0.25, -0.2) is 9.37 Å². The van der Waals surface area contributed by atoms with Gasteiger partial charge in [0.05, 0.1) is 11.8 Å². The molecule has 0 aliphatic heterocycles. The maximum Gasteiger partial charge on any atom is 0.215 e. The minimum atomic E-state index is -0.548. The molecule has 0 amide bonds. The zero-order valence-electron chi connectivity index (χ0n) is 7.72. The molecule has 0 atom stereocenters. The van der Waals surface area contributed by atoms with Crippen LogP contribution in [0.5, 0.6) is 0 Å². The summed E-state index contributed by atoms with van der Waals surface area (Å²) in [5.74, 6) is -1.01. The van der Waals surface area contributed by atoms with Crippen molar-refractivity contribution in [3.05, 3.63) is 59.9 Å². The van der Waals surface area contributed by atoms with Crippen LogP contribution in [0.4, 0.5) is 4.39 Å². The number of nitrogens with zero attached hydrogens (tertiary/aromatic N) is 2. The second-order valence-electron chi connectivity index (χ2n) is 2.90. The minimum Gasteiger partial charge on any atom is -0.287 e. The number of halogens is 1. The van der Waals surface area contributed by atoms with E-state index in [0.717, 1.165) is 0 Å². The first-order chi connectivity index (χ1) is 7.29. The van der Waals surface area contributed by atoms with E-state index in [-0.39, 0.29) is 11.3 Å². The summed E-state index contributed by atoms with van der Waals surface area (Å²) in [6, 6.07) is 5.80. The maximum atomic E-state index is 13.3. The standard InChI is InChI=1S/C11H7FN2O/c12-9-4-2-1-3-8(9)11(15)10-7-13-5-6-14-10/h1-7H. The van der Waals surface area contributed by atoms with Crippen LogP contribution in [0.25, 0.3) is 0 Å². The van der Waals surface area contributed by atoms with Crippen LogP contribution in [0.2, 0.25) is 0 Å². The molecule has 0 aliphatic carbocycles. The average Bonchev–Trinajstić information content (AvgIpc) is 2.30. The Kier molecular flexibility index (Phi) is 2.49. The SMILES string of the molecule is O=C(c1cnccn1)c1ccccc1F. The van der Waals surface area contributed by atoms with E-state index in [4.69, 9.17) is 0 Å². The van der Waals surface area contributed by atoms with Gasteiger partial charge in [-0.15, -0.1) is 0 Å². The summed E-state index contributed by atoms with van der Waals surface area (Å²) in [5.41, 5.74) is 0.153. The molecule has 1 aromatic carbocycles. The van der Waals surface area contributed by atoms with E-state index >= 15 is 0 Å². The van der Waals surface area contributed by atoms with Gasteiger partial charge in [0.25, 0.3) is 0 Å². The van der Waals surface area contributed by atoms with E-state index < -0.39 is 11.6 Å². The molecule has 0 unspecified atom stereocenters. The third-order valence-corrected chi connectivity index (χ3v) is 1.91. The Morgan fingerprint density at radius 3 is 2.67 bits per heavy atom. The lowest BCUT2D eigenvalue weighted by molar-refractivity contribution is 0.103. The van der Waals surface area contributed by atoms with E-state index in [0.29, 0.717) is 0 Å². The molecule has 15 heavy (non-hydrogen) atoms. The van der Waals surface area contributed by atoms with E-state index in [1.54, 1.807) is 6.07 Å². The number of hydrogen-bond acceptors (Lipinski definition) is 3. The van der Waals surface area contributed by atoms with Crippen LogP contribution in [-0.2, 0) is 0 Å². The predicted molar refractivity (Wildman–Crippen MR) is 51.9 cm³/mol. The van der Waals surface area contributed by atoms with Gasteiger partial charge in [-0.3, -0.25) is 9.78 Å². The average molecular weight is 202 g/mol. The predicted octanol–water partition coefficient (Wildman–Crippen LogP) is 1.85. The van der Waals surface area contributed by atoms with Crippen molar-refractivity contribution in [2.45, 2.75) is 0 Å². The number of ketones is 1. The minimum absolute atomic E-state index is 0.0120. The monoisotopic (exact) mass is 202 g/mol. The molecular weight excluding hydrogens is 195 g/mol. The van der Waals surface area contributed by atoms with Gasteiger partial charge in [-0.05, 0) is 12.1 Å². The zero-order chi connectivity index (χ0) is 10.7. The lowest BCUT2D eigenvalue weighted by Gasteiger charge is -2.00. The largest absolute Gasteiger partial charge is 0.287 e. The highest BCUT2D eigenvalue weighted by molar-refractivity contribution is 6.07. The lowest BCUT2D eigenvalue weighted by atomic mass is 10.1. The van der Waals surface area contributed by atoms with Crippen LogP contribution < -0.4 is 0 Å². The van der Waals surface area contributed by atoms with Crippen LogP contribution in [0.15, 0.2) is 42.9 Å². The summed E-state index contributed by atoms with van der Waals surface area (Å²) in [7, 11) is 0. The van der Waals surface area contributed by atoms with Crippen molar-refractivity contribution in [1.29, 1.82) is 0 Å². The summed E-state index contributed by atoms with van der Waals surface area (Å²) in [6.45, 7) is 0. The molecule has 0 saturated carbocycles. The van der Waals surface area contributed by atoms with Crippen molar-refractivity contribution in [1.82, 2.24) is 9.97 Å². The van der Waals surface area contributed by atoms with Crippen molar-refractivity contribution < 1.29 is 9.18 Å². The Morgan fingerprint density at radius 1 is 1.20 bits per heavy atom. The highest BCUT2D eigenvalue weighted by Gasteiger charge is 2.13. The molecule has 0 saturated heterocycles. The molecule has 0 radical (unpaired) electrons. The van der Waals surface area contributed by atoms with Crippen LogP contribution in [-0.4, -0.2) is 15.8 Å². The van der Waals surface area contributed by atoms with Crippen LogP contribution >= 0.6 is 0 Å². The molecular formula is C11H7FN2O. The van der Waals surface area contributed by atoms with Crippen LogP contribution in [0.3, 0.4) is 0 Å². The number of rotatable bonds is 2. The molecule has 3 nitrogen and oxygen atoms in total. The van der Waals surface area contributed by atoms with E-state index in [1.165, 1.54) is 36.8 Å². The highest BCUT2D eigenvalue weighted by atomic mass is 19.1. The Morgan fingerprint density at radius 2 is 2.00 bits per heavy atom. The molecule has 2 rings (SSSR count). The number of aromatic nitrogens is 2. The lowest BCUT2D eigenvalue weighted by Crippen LogP contribution is -2.06. The zero-order valence-corrected chi connectivity index (χ0v) is 7.72. The molecule has 1 aromatic heterocycles. The first kappa shape index (κ1) is 9.45. The molecule has 0 bridgehead atoms. The number of benzene rings is 1. The third kappa shape index (κ3) is 1.88. The van der Waals surface area contributed by atoms with E-state index in [1.807, 2.05) is 0 Å². The van der Waals surface area contributed by atoms with Gasteiger partial charge in [0, 0.05) is 12.4 Å².